The van der Waals surface area contributed by atoms with Gasteiger partial charge in [0, 0.05) is 19.2 Å². The fraction of sp³-hybridized carbons (Fsp3) is 0.409. The van der Waals surface area contributed by atoms with E-state index in [9.17, 15) is 21.6 Å². The van der Waals surface area contributed by atoms with E-state index in [2.05, 4.69) is 5.32 Å². The first-order chi connectivity index (χ1) is 15.0. The topological polar surface area (TPSA) is 110 Å². The summed E-state index contributed by atoms with van der Waals surface area (Å²) in [6.07, 6.45) is 3.35. The summed E-state index contributed by atoms with van der Waals surface area (Å²) in [5.74, 6) is 0.225. The van der Waals surface area contributed by atoms with Crippen molar-refractivity contribution < 1.29 is 26.4 Å². The number of benzene rings is 2. The predicted molar refractivity (Wildman–Crippen MR) is 125 cm³/mol. The van der Waals surface area contributed by atoms with Crippen molar-refractivity contribution in [3.8, 4) is 5.75 Å². The monoisotopic (exact) mass is 482 g/mol. The van der Waals surface area contributed by atoms with Gasteiger partial charge in [-0.15, -0.1) is 0 Å². The number of nitrogens with one attached hydrogen (secondary N) is 1. The molecular formula is C22H30N2O6S2. The van der Waals surface area contributed by atoms with Crippen molar-refractivity contribution in [2.24, 2.45) is 0 Å². The fourth-order valence-electron chi connectivity index (χ4n) is 3.32. The quantitative estimate of drug-likeness (QED) is 0.527. The Bertz CT molecular complexity index is 1130. The van der Waals surface area contributed by atoms with Gasteiger partial charge in [0.1, 0.15) is 5.75 Å². The number of hydrogen-bond donors (Lipinski definition) is 1. The third-order valence-corrected chi connectivity index (χ3v) is 7.28. The van der Waals surface area contributed by atoms with Crippen LogP contribution in [0.4, 0.5) is 5.69 Å². The van der Waals surface area contributed by atoms with Gasteiger partial charge in [0.2, 0.25) is 15.9 Å². The summed E-state index contributed by atoms with van der Waals surface area (Å²) in [6, 6.07) is 13.0. The normalized spacial score (nSPS) is 12.8. The maximum Gasteiger partial charge on any atom is 0.232 e. The molecule has 0 fully saturated rings. The van der Waals surface area contributed by atoms with Gasteiger partial charge in [-0.1, -0.05) is 31.2 Å². The molecule has 1 atom stereocenters. The Morgan fingerprint density at radius 1 is 1.03 bits per heavy atom. The number of carbonyl (C=O) groups is 1. The minimum Gasteiger partial charge on any atom is -0.495 e. The lowest BCUT2D eigenvalue weighted by Crippen LogP contribution is -2.33. The van der Waals surface area contributed by atoms with Crippen LogP contribution < -0.4 is 14.4 Å². The third kappa shape index (κ3) is 6.96. The minimum atomic E-state index is -3.56. The highest BCUT2D eigenvalue weighted by Crippen LogP contribution is 2.29. The number of nitrogens with zero attached hydrogens (tertiary/aromatic N) is 1. The second-order valence-electron chi connectivity index (χ2n) is 7.48. The lowest BCUT2D eigenvalue weighted by atomic mass is 10.0. The predicted octanol–water partition coefficient (Wildman–Crippen LogP) is 2.91. The summed E-state index contributed by atoms with van der Waals surface area (Å²) in [5, 5.41) is 2.93. The number of ether oxygens (including phenoxy) is 1. The summed E-state index contributed by atoms with van der Waals surface area (Å²) < 4.78 is 54.4. The van der Waals surface area contributed by atoms with Crippen LogP contribution in [0.5, 0.6) is 5.75 Å². The first kappa shape index (κ1) is 25.7. The molecule has 1 N–H and O–H groups in total. The van der Waals surface area contributed by atoms with E-state index in [1.807, 2.05) is 6.92 Å². The lowest BCUT2D eigenvalue weighted by Gasteiger charge is -2.24. The van der Waals surface area contributed by atoms with E-state index in [1.54, 1.807) is 36.4 Å². The fourth-order valence-corrected chi connectivity index (χ4v) is 4.92. The zero-order chi connectivity index (χ0) is 23.9. The second-order valence-corrected chi connectivity index (χ2v) is 11.4. The van der Waals surface area contributed by atoms with E-state index in [4.69, 9.17) is 4.74 Å². The van der Waals surface area contributed by atoms with Gasteiger partial charge in [-0.05, 0) is 42.7 Å². The van der Waals surface area contributed by atoms with Crippen LogP contribution in [0.1, 0.15) is 37.8 Å². The number of para-hydroxylation sites is 2. The third-order valence-electron chi connectivity index (χ3n) is 4.97. The zero-order valence-electron chi connectivity index (χ0n) is 18.7. The lowest BCUT2D eigenvalue weighted by molar-refractivity contribution is -0.121. The second kappa shape index (κ2) is 10.8. The highest BCUT2D eigenvalue weighted by atomic mass is 32.2. The Morgan fingerprint density at radius 3 is 2.19 bits per heavy atom. The molecule has 32 heavy (non-hydrogen) atoms. The van der Waals surface area contributed by atoms with Gasteiger partial charge >= 0.3 is 0 Å². The average Bonchev–Trinajstić information content (AvgIpc) is 2.73. The van der Waals surface area contributed by atoms with Crippen molar-refractivity contribution >= 4 is 31.5 Å². The molecule has 0 aliphatic heterocycles. The summed E-state index contributed by atoms with van der Waals surface area (Å²) in [7, 11) is -5.38. The Hall–Kier alpha value is -2.59. The van der Waals surface area contributed by atoms with Crippen molar-refractivity contribution in [2.75, 3.05) is 30.5 Å². The Kier molecular flexibility index (Phi) is 8.68. The van der Waals surface area contributed by atoms with Gasteiger partial charge in [0.05, 0.1) is 30.0 Å². The molecule has 0 radical (unpaired) electrons. The Labute approximate surface area is 190 Å². The van der Waals surface area contributed by atoms with E-state index in [-0.39, 0.29) is 29.8 Å². The molecule has 0 saturated carbocycles. The summed E-state index contributed by atoms with van der Waals surface area (Å²) in [6.45, 7) is 2.05. The van der Waals surface area contributed by atoms with Crippen LogP contribution in [0, 0.1) is 0 Å². The molecule has 0 aromatic heterocycles. The number of sulfonamides is 1. The Morgan fingerprint density at radius 2 is 1.66 bits per heavy atom. The van der Waals surface area contributed by atoms with E-state index >= 15 is 0 Å². The first-order valence-corrected chi connectivity index (χ1v) is 13.9. The van der Waals surface area contributed by atoms with E-state index in [0.29, 0.717) is 24.3 Å². The maximum atomic E-state index is 12.5. The number of carbonyl (C=O) groups excluding carboxylic acids is 1. The molecule has 10 heteroatoms. The maximum absolute atomic E-state index is 12.5. The van der Waals surface area contributed by atoms with Crippen LogP contribution in [-0.4, -0.2) is 48.9 Å². The molecule has 176 valence electrons. The number of hydrogen-bond acceptors (Lipinski definition) is 6. The highest BCUT2D eigenvalue weighted by molar-refractivity contribution is 7.92. The number of methoxy groups -OCH3 is 1. The van der Waals surface area contributed by atoms with Crippen molar-refractivity contribution in [1.82, 2.24) is 5.32 Å². The zero-order valence-corrected chi connectivity index (χ0v) is 20.4. The molecule has 8 nitrogen and oxygen atoms in total. The van der Waals surface area contributed by atoms with Gasteiger partial charge < -0.3 is 10.1 Å². The van der Waals surface area contributed by atoms with Crippen LogP contribution in [0.25, 0.3) is 0 Å². The van der Waals surface area contributed by atoms with Gasteiger partial charge in [-0.25, -0.2) is 16.8 Å². The Balaban J connectivity index is 2.02. The van der Waals surface area contributed by atoms with Gasteiger partial charge in [0.15, 0.2) is 9.84 Å². The number of rotatable bonds is 11. The molecular weight excluding hydrogens is 452 g/mol. The minimum absolute atomic E-state index is 0.131. The van der Waals surface area contributed by atoms with Crippen LogP contribution in [0.15, 0.2) is 53.4 Å². The first-order valence-electron chi connectivity index (χ1n) is 10.2. The average molecular weight is 483 g/mol. The molecule has 2 aromatic carbocycles. The molecule has 1 amide bonds. The van der Waals surface area contributed by atoms with Gasteiger partial charge in [0.25, 0.3) is 0 Å². The van der Waals surface area contributed by atoms with Crippen LogP contribution >= 0.6 is 0 Å². The summed E-state index contributed by atoms with van der Waals surface area (Å²) in [5.41, 5.74) is 1.23. The standard InChI is InChI=1S/C22H30N2O6S2/c1-5-19(17-12-14-18(15-13-17)31(3,26)27)23-22(25)11-8-16-24(32(4,28)29)20-9-6-7-10-21(20)30-2/h6-7,9-10,12-15,19H,5,8,11,16H2,1-4H3,(H,23,25)/t19-/m1/s1. The molecule has 2 aromatic rings. The smallest absolute Gasteiger partial charge is 0.232 e. The highest BCUT2D eigenvalue weighted by Gasteiger charge is 2.21. The number of amides is 1. The van der Waals surface area contributed by atoms with Gasteiger partial charge in [-0.2, -0.15) is 0 Å². The van der Waals surface area contributed by atoms with Crippen molar-refractivity contribution in [2.45, 2.75) is 37.1 Å². The van der Waals surface area contributed by atoms with Gasteiger partial charge in [-0.3, -0.25) is 9.10 Å². The molecule has 0 saturated heterocycles. The summed E-state index contributed by atoms with van der Waals surface area (Å²) in [4.78, 5) is 12.7. The largest absolute Gasteiger partial charge is 0.495 e. The van der Waals surface area contributed by atoms with Crippen LogP contribution in [-0.2, 0) is 24.7 Å². The van der Waals surface area contributed by atoms with E-state index in [0.717, 1.165) is 18.1 Å². The molecule has 2 rings (SSSR count). The van der Waals surface area contributed by atoms with E-state index in [1.165, 1.54) is 23.5 Å². The molecule has 0 aliphatic carbocycles. The molecule has 0 bridgehead atoms. The molecule has 0 heterocycles. The molecule has 0 spiro atoms. The number of anilines is 1. The van der Waals surface area contributed by atoms with Crippen molar-refractivity contribution in [3.63, 3.8) is 0 Å². The summed E-state index contributed by atoms with van der Waals surface area (Å²) >= 11 is 0. The van der Waals surface area contributed by atoms with Crippen LogP contribution in [0.2, 0.25) is 0 Å². The molecule has 0 unspecified atom stereocenters. The van der Waals surface area contributed by atoms with Crippen LogP contribution in [0.3, 0.4) is 0 Å². The van der Waals surface area contributed by atoms with Crippen molar-refractivity contribution in [3.05, 3.63) is 54.1 Å². The van der Waals surface area contributed by atoms with Crippen molar-refractivity contribution in [1.29, 1.82) is 0 Å². The van der Waals surface area contributed by atoms with E-state index < -0.39 is 19.9 Å². The SMILES string of the molecule is CC[C@@H](NC(=O)CCCN(c1ccccc1OC)S(C)(=O)=O)c1ccc(S(C)(=O)=O)cc1. The number of sulfone groups is 1. The molecule has 0 aliphatic rings.